The maximum Gasteiger partial charge on any atom is 0.248 e. The third-order valence-electron chi connectivity index (χ3n) is 4.82. The molecular weight excluding hydrogens is 278 g/mol. The van der Waals surface area contributed by atoms with Crippen LogP contribution in [0.2, 0.25) is 0 Å². The lowest BCUT2D eigenvalue weighted by molar-refractivity contribution is -0.129. The number of rotatable bonds is 6. The van der Waals surface area contributed by atoms with E-state index in [1.807, 2.05) is 0 Å². The molecule has 2 atom stereocenters. The fraction of sp³-hybridized carbons (Fsp3) is 0.611. The van der Waals surface area contributed by atoms with Gasteiger partial charge < -0.3 is 15.2 Å². The minimum Gasteiger partial charge on any atom is -0.493 e. The van der Waals surface area contributed by atoms with E-state index in [0.29, 0.717) is 13.0 Å². The number of ether oxygens (including phenoxy) is 1. The van der Waals surface area contributed by atoms with Crippen molar-refractivity contribution in [2.45, 2.75) is 57.5 Å². The summed E-state index contributed by atoms with van der Waals surface area (Å²) in [6.07, 6.45) is 4.61. The summed E-state index contributed by atoms with van der Waals surface area (Å²) in [5.41, 5.74) is 4.02. The number of hydrogen-bond acceptors (Lipinski definition) is 3. The Balaban J connectivity index is 1.66. The van der Waals surface area contributed by atoms with Crippen LogP contribution in [0.5, 0.6) is 5.75 Å². The molecule has 0 saturated heterocycles. The van der Waals surface area contributed by atoms with Gasteiger partial charge in [-0.25, -0.2) is 0 Å². The van der Waals surface area contributed by atoms with Crippen molar-refractivity contribution in [3.63, 3.8) is 0 Å². The zero-order valence-corrected chi connectivity index (χ0v) is 13.2. The monoisotopic (exact) mass is 303 g/mol. The highest BCUT2D eigenvalue weighted by molar-refractivity contribution is 5.80. The predicted octanol–water partition coefficient (Wildman–Crippen LogP) is 2.32. The van der Waals surface area contributed by atoms with E-state index >= 15 is 0 Å². The average Bonchev–Trinajstić information content (AvgIpc) is 3.13. The van der Waals surface area contributed by atoms with Gasteiger partial charge >= 0.3 is 0 Å². The Kier molecular flexibility index (Phi) is 4.67. The second-order valence-corrected chi connectivity index (χ2v) is 6.35. The van der Waals surface area contributed by atoms with Gasteiger partial charge in [0.05, 0.1) is 6.61 Å². The van der Waals surface area contributed by atoms with Gasteiger partial charge in [0.2, 0.25) is 5.91 Å². The first-order chi connectivity index (χ1) is 10.7. The van der Waals surface area contributed by atoms with Crippen molar-refractivity contribution in [1.82, 2.24) is 5.32 Å². The zero-order chi connectivity index (χ0) is 15.5. The van der Waals surface area contributed by atoms with Crippen LogP contribution in [0.1, 0.15) is 55.2 Å². The molecule has 1 heterocycles. The molecule has 120 valence electrons. The molecule has 22 heavy (non-hydrogen) atoms. The van der Waals surface area contributed by atoms with Crippen LogP contribution in [-0.2, 0) is 17.6 Å². The maximum atomic E-state index is 12.0. The van der Waals surface area contributed by atoms with Crippen LogP contribution in [0.15, 0.2) is 12.1 Å². The van der Waals surface area contributed by atoms with Crippen LogP contribution in [-0.4, -0.2) is 30.3 Å². The molecule has 3 rings (SSSR count). The molecule has 1 amide bonds. The highest BCUT2D eigenvalue weighted by Gasteiger charge is 2.32. The third-order valence-corrected chi connectivity index (χ3v) is 4.82. The fourth-order valence-corrected chi connectivity index (χ4v) is 3.67. The van der Waals surface area contributed by atoms with Gasteiger partial charge in [0.1, 0.15) is 11.9 Å². The van der Waals surface area contributed by atoms with Gasteiger partial charge in [-0.1, -0.05) is 19.4 Å². The number of hydrogen-bond donors (Lipinski definition) is 2. The smallest absolute Gasteiger partial charge is 0.248 e. The first-order valence-corrected chi connectivity index (χ1v) is 8.44. The molecule has 2 N–H and O–H groups in total. The topological polar surface area (TPSA) is 58.6 Å². The molecule has 1 aromatic carbocycles. The molecule has 4 nitrogen and oxygen atoms in total. The Labute approximate surface area is 131 Å². The van der Waals surface area contributed by atoms with Gasteiger partial charge in [-0.15, -0.1) is 0 Å². The van der Waals surface area contributed by atoms with E-state index in [1.54, 1.807) is 0 Å². The van der Waals surface area contributed by atoms with Gasteiger partial charge in [0, 0.05) is 18.5 Å². The molecule has 4 heteroatoms. The second-order valence-electron chi connectivity index (χ2n) is 6.35. The van der Waals surface area contributed by atoms with Crippen molar-refractivity contribution in [3.8, 4) is 5.75 Å². The molecule has 1 aliphatic heterocycles. The summed E-state index contributed by atoms with van der Waals surface area (Å²) in [6, 6.07) is 4.21. The normalized spacial score (nSPS) is 20.2. The van der Waals surface area contributed by atoms with Crippen molar-refractivity contribution in [2.24, 2.45) is 0 Å². The number of aliphatic hydroxyl groups is 1. The highest BCUT2D eigenvalue weighted by atomic mass is 16.5. The van der Waals surface area contributed by atoms with Gasteiger partial charge in [0.25, 0.3) is 0 Å². The van der Waals surface area contributed by atoms with Crippen molar-refractivity contribution in [1.29, 1.82) is 0 Å². The van der Waals surface area contributed by atoms with Crippen LogP contribution >= 0.6 is 0 Å². The van der Waals surface area contributed by atoms with E-state index < -0.39 is 6.10 Å². The Morgan fingerprint density at radius 2 is 2.32 bits per heavy atom. The first-order valence-electron chi connectivity index (χ1n) is 8.44. The quantitative estimate of drug-likeness (QED) is 0.793. The molecule has 0 aromatic heterocycles. The molecular formula is C18H25NO3. The lowest BCUT2D eigenvalue weighted by atomic mass is 9.90. The predicted molar refractivity (Wildman–Crippen MR) is 85.2 cm³/mol. The van der Waals surface area contributed by atoms with Gasteiger partial charge in [-0.3, -0.25) is 4.79 Å². The Bertz CT molecular complexity index is 556. The molecule has 2 aliphatic rings. The summed E-state index contributed by atoms with van der Waals surface area (Å²) in [7, 11) is 0. The minimum absolute atomic E-state index is 0.231. The van der Waals surface area contributed by atoms with Crippen molar-refractivity contribution >= 4 is 5.91 Å². The molecule has 0 bridgehead atoms. The molecule has 2 unspecified atom stereocenters. The molecule has 1 aliphatic carbocycles. The summed E-state index contributed by atoms with van der Waals surface area (Å²) in [5.74, 6) is 1.04. The maximum absolute atomic E-state index is 12.0. The summed E-state index contributed by atoms with van der Waals surface area (Å²) in [4.78, 5) is 12.0. The number of carbonyl (C=O) groups excluding carboxylic acids is 1. The molecule has 0 radical (unpaired) electrons. The zero-order valence-electron chi connectivity index (χ0n) is 13.2. The summed E-state index contributed by atoms with van der Waals surface area (Å²) >= 11 is 0. The summed E-state index contributed by atoms with van der Waals surface area (Å²) in [5, 5.41) is 13.0. The van der Waals surface area contributed by atoms with Crippen molar-refractivity contribution in [2.75, 3.05) is 13.2 Å². The molecule has 1 aromatic rings. The van der Waals surface area contributed by atoms with Crippen LogP contribution in [0.4, 0.5) is 0 Å². The number of aliphatic hydroxyl groups excluding tert-OH is 1. The van der Waals surface area contributed by atoms with Gasteiger partial charge in [-0.2, -0.15) is 0 Å². The number of carbonyl (C=O) groups is 1. The number of fused-ring (bicyclic) bond motifs is 3. The molecule has 0 fully saturated rings. The van der Waals surface area contributed by atoms with Crippen molar-refractivity contribution < 1.29 is 14.6 Å². The van der Waals surface area contributed by atoms with Crippen LogP contribution in [0.3, 0.4) is 0 Å². The number of benzene rings is 1. The second kappa shape index (κ2) is 6.69. The van der Waals surface area contributed by atoms with E-state index in [1.165, 1.54) is 16.7 Å². The Morgan fingerprint density at radius 3 is 3.14 bits per heavy atom. The van der Waals surface area contributed by atoms with Crippen molar-refractivity contribution in [3.05, 3.63) is 28.8 Å². The van der Waals surface area contributed by atoms with Crippen LogP contribution in [0.25, 0.3) is 0 Å². The van der Waals surface area contributed by atoms with Gasteiger partial charge in [-0.05, 0) is 48.8 Å². The average molecular weight is 303 g/mol. The molecule has 0 spiro atoms. The first kappa shape index (κ1) is 15.3. The minimum atomic E-state index is -0.911. The van der Waals surface area contributed by atoms with Gasteiger partial charge in [0.15, 0.2) is 0 Å². The SMILES string of the molecule is CCCCNC(=O)C(O)CC1CCc2ccc3c(c21)CCO3. The summed E-state index contributed by atoms with van der Waals surface area (Å²) < 4.78 is 5.65. The van der Waals surface area contributed by atoms with E-state index in [0.717, 1.165) is 44.5 Å². The Morgan fingerprint density at radius 1 is 1.45 bits per heavy atom. The third kappa shape index (κ3) is 2.98. The van der Waals surface area contributed by atoms with Crippen LogP contribution in [0, 0.1) is 0 Å². The lowest BCUT2D eigenvalue weighted by Crippen LogP contribution is -2.36. The number of nitrogens with one attached hydrogen (secondary N) is 1. The van der Waals surface area contributed by atoms with E-state index in [4.69, 9.17) is 4.74 Å². The highest BCUT2D eigenvalue weighted by Crippen LogP contribution is 2.43. The lowest BCUT2D eigenvalue weighted by Gasteiger charge is -2.18. The number of unbranched alkanes of at least 4 members (excludes halogenated alkanes) is 1. The summed E-state index contributed by atoms with van der Waals surface area (Å²) in [6.45, 7) is 3.48. The van der Waals surface area contributed by atoms with E-state index in [9.17, 15) is 9.90 Å². The number of aryl methyl sites for hydroxylation is 1. The van der Waals surface area contributed by atoms with E-state index in [-0.39, 0.29) is 11.8 Å². The molecule has 0 saturated carbocycles. The largest absolute Gasteiger partial charge is 0.493 e. The number of amides is 1. The standard InChI is InChI=1S/C18H25NO3/c1-2-3-9-19-18(21)15(20)11-13-5-4-12-6-7-16-14(17(12)13)8-10-22-16/h6-7,13,15,20H,2-5,8-11H2,1H3,(H,19,21). The fourth-order valence-electron chi connectivity index (χ4n) is 3.67. The van der Waals surface area contributed by atoms with Crippen LogP contribution < -0.4 is 10.1 Å². The Hall–Kier alpha value is -1.55. The van der Waals surface area contributed by atoms with E-state index in [2.05, 4.69) is 24.4 Å².